The van der Waals surface area contributed by atoms with E-state index in [4.69, 9.17) is 5.73 Å². The molecular formula is C24H34FN5O5S. The van der Waals surface area contributed by atoms with E-state index in [0.29, 0.717) is 6.42 Å². The van der Waals surface area contributed by atoms with Gasteiger partial charge in [0, 0.05) is 32.1 Å². The quantitative estimate of drug-likeness (QED) is 0.516. The van der Waals surface area contributed by atoms with Crippen molar-refractivity contribution in [2.75, 3.05) is 30.3 Å². The highest BCUT2D eigenvalue weighted by Crippen LogP contribution is 2.28. The smallest absolute Gasteiger partial charge is 0.330 e. The number of carbonyl (C=O) groups is 1. The average molecular weight is 524 g/mol. The van der Waals surface area contributed by atoms with Crippen molar-refractivity contribution in [2.45, 2.75) is 57.9 Å². The van der Waals surface area contributed by atoms with Gasteiger partial charge in [-0.25, -0.2) is 17.6 Å². The summed E-state index contributed by atoms with van der Waals surface area (Å²) >= 11 is 0. The van der Waals surface area contributed by atoms with Crippen LogP contribution in [-0.4, -0.2) is 47.8 Å². The Morgan fingerprint density at radius 3 is 2.36 bits per heavy atom. The van der Waals surface area contributed by atoms with E-state index in [1.54, 1.807) is 0 Å². The first-order valence-corrected chi connectivity index (χ1v) is 13.6. The van der Waals surface area contributed by atoms with Gasteiger partial charge >= 0.3 is 5.69 Å². The van der Waals surface area contributed by atoms with E-state index in [1.807, 2.05) is 20.8 Å². The van der Waals surface area contributed by atoms with Crippen molar-refractivity contribution in [3.05, 3.63) is 50.9 Å². The minimum atomic E-state index is -3.82. The number of unbranched alkanes of at least 4 members (excludes halogenated alkanes) is 1. The predicted molar refractivity (Wildman–Crippen MR) is 136 cm³/mol. The molecular weight excluding hydrogens is 489 g/mol. The summed E-state index contributed by atoms with van der Waals surface area (Å²) in [5.74, 6) is -1.35. The van der Waals surface area contributed by atoms with Gasteiger partial charge in [-0.15, -0.1) is 0 Å². The molecule has 1 aromatic heterocycles. The number of hydrogen-bond acceptors (Lipinski definition) is 6. The van der Waals surface area contributed by atoms with E-state index in [2.05, 4.69) is 4.98 Å². The molecule has 0 spiro atoms. The lowest BCUT2D eigenvalue weighted by Crippen LogP contribution is -2.47. The molecule has 0 bridgehead atoms. The number of anilines is 2. The zero-order valence-corrected chi connectivity index (χ0v) is 21.7. The van der Waals surface area contributed by atoms with E-state index < -0.39 is 33.0 Å². The van der Waals surface area contributed by atoms with Gasteiger partial charge in [-0.2, -0.15) is 4.31 Å². The predicted octanol–water partition coefficient (Wildman–Crippen LogP) is 2.15. The van der Waals surface area contributed by atoms with Crippen LogP contribution in [0.5, 0.6) is 0 Å². The van der Waals surface area contributed by atoms with Crippen LogP contribution in [0.3, 0.4) is 0 Å². The minimum Gasteiger partial charge on any atom is -0.383 e. The Morgan fingerprint density at radius 1 is 1.19 bits per heavy atom. The van der Waals surface area contributed by atoms with Crippen molar-refractivity contribution in [3.63, 3.8) is 0 Å². The van der Waals surface area contributed by atoms with Gasteiger partial charge in [0.2, 0.25) is 15.9 Å². The van der Waals surface area contributed by atoms with Gasteiger partial charge in [0.25, 0.3) is 5.56 Å². The van der Waals surface area contributed by atoms with Crippen LogP contribution in [0.2, 0.25) is 0 Å². The van der Waals surface area contributed by atoms with Crippen LogP contribution in [0.1, 0.15) is 46.5 Å². The number of piperidine rings is 1. The molecule has 0 aliphatic carbocycles. The first-order chi connectivity index (χ1) is 17.0. The second-order valence-corrected chi connectivity index (χ2v) is 11.4. The number of amides is 1. The number of carbonyl (C=O) groups excluding carboxylic acids is 1. The zero-order valence-electron chi connectivity index (χ0n) is 20.9. The fraction of sp³-hybridized carbons (Fsp3) is 0.542. The number of halogens is 1. The molecule has 1 fully saturated rings. The molecule has 0 saturated carbocycles. The first kappa shape index (κ1) is 27.6. The molecule has 0 atom stereocenters. The number of nitrogen functional groups attached to an aromatic ring is 1. The highest BCUT2D eigenvalue weighted by Gasteiger charge is 2.35. The van der Waals surface area contributed by atoms with E-state index in [1.165, 1.54) is 25.9 Å². The van der Waals surface area contributed by atoms with Crippen molar-refractivity contribution in [1.29, 1.82) is 0 Å². The number of sulfonamides is 1. The number of nitrogens with two attached hydrogens (primary N) is 1. The van der Waals surface area contributed by atoms with Crippen LogP contribution in [0.15, 0.2) is 38.8 Å². The summed E-state index contributed by atoms with van der Waals surface area (Å²) in [6.07, 6.45) is 1.89. The zero-order chi connectivity index (χ0) is 26.6. The monoisotopic (exact) mass is 523 g/mol. The number of H-pyrrole nitrogens is 1. The van der Waals surface area contributed by atoms with Crippen molar-refractivity contribution in [1.82, 2.24) is 13.9 Å². The Kier molecular flexibility index (Phi) is 8.72. The lowest BCUT2D eigenvalue weighted by atomic mass is 9.96. The SMILES string of the molecule is CCCCN(C(=O)C1CCN(S(=O)(=O)c2ccc(F)cc2)CC1)c1c(N)n(CC(C)C)c(=O)[nH]c1=O. The van der Waals surface area contributed by atoms with Gasteiger partial charge < -0.3 is 10.6 Å². The highest BCUT2D eigenvalue weighted by molar-refractivity contribution is 7.89. The van der Waals surface area contributed by atoms with E-state index in [9.17, 15) is 27.2 Å². The Labute approximate surface area is 210 Å². The van der Waals surface area contributed by atoms with E-state index >= 15 is 0 Å². The molecule has 10 nitrogen and oxygen atoms in total. The summed E-state index contributed by atoms with van der Waals surface area (Å²) in [5.41, 5.74) is 4.86. The van der Waals surface area contributed by atoms with Crippen molar-refractivity contribution < 1.29 is 17.6 Å². The molecule has 0 radical (unpaired) electrons. The third-order valence-corrected chi connectivity index (χ3v) is 8.20. The minimum absolute atomic E-state index is 0.00929. The number of hydrogen-bond donors (Lipinski definition) is 2. The van der Waals surface area contributed by atoms with Crippen LogP contribution in [0.4, 0.5) is 15.9 Å². The summed E-state index contributed by atoms with van der Waals surface area (Å²) in [7, 11) is -3.82. The van der Waals surface area contributed by atoms with Gasteiger partial charge in [0.05, 0.1) is 4.90 Å². The topological polar surface area (TPSA) is 139 Å². The second-order valence-electron chi connectivity index (χ2n) is 9.47. The number of aromatic amines is 1. The molecule has 2 heterocycles. The molecule has 1 aliphatic heterocycles. The Balaban J connectivity index is 1.85. The Morgan fingerprint density at radius 2 is 1.81 bits per heavy atom. The number of nitrogens with zero attached hydrogens (tertiary/aromatic N) is 3. The number of nitrogens with one attached hydrogen (secondary N) is 1. The Bertz CT molecular complexity index is 1300. The number of benzene rings is 1. The second kappa shape index (κ2) is 11.4. The van der Waals surface area contributed by atoms with E-state index in [0.717, 1.165) is 18.6 Å². The summed E-state index contributed by atoms with van der Waals surface area (Å²) < 4.78 is 41.6. The molecule has 198 valence electrons. The maximum absolute atomic E-state index is 13.6. The number of aromatic nitrogens is 2. The maximum atomic E-state index is 13.6. The standard InChI is InChI=1S/C24H34FN5O5S/c1-4-5-12-29(20-21(26)30(15-16(2)3)24(33)27-22(20)31)23(32)17-10-13-28(14-11-17)36(34,35)19-8-6-18(25)7-9-19/h6-9,16-17H,4-5,10-15,26H2,1-3H3,(H,27,31,33). The van der Waals surface area contributed by atoms with Crippen LogP contribution < -0.4 is 21.9 Å². The first-order valence-electron chi connectivity index (χ1n) is 12.2. The molecule has 1 aliphatic rings. The molecule has 0 unspecified atom stereocenters. The van der Waals surface area contributed by atoms with Crippen LogP contribution in [0, 0.1) is 17.7 Å². The van der Waals surface area contributed by atoms with Crippen molar-refractivity contribution in [2.24, 2.45) is 11.8 Å². The third kappa shape index (κ3) is 5.86. The van der Waals surface area contributed by atoms with Crippen LogP contribution in [0.25, 0.3) is 0 Å². The van der Waals surface area contributed by atoms with Gasteiger partial charge in [-0.3, -0.25) is 19.1 Å². The summed E-state index contributed by atoms with van der Waals surface area (Å²) in [6, 6.07) is 4.62. The largest absolute Gasteiger partial charge is 0.383 e. The van der Waals surface area contributed by atoms with Crippen molar-refractivity contribution in [3.8, 4) is 0 Å². The fourth-order valence-electron chi connectivity index (χ4n) is 4.35. The molecule has 3 N–H and O–H groups in total. The van der Waals surface area contributed by atoms with Gasteiger partial charge in [-0.1, -0.05) is 27.2 Å². The highest BCUT2D eigenvalue weighted by atomic mass is 32.2. The van der Waals surface area contributed by atoms with Gasteiger partial charge in [-0.05, 0) is 49.4 Å². The van der Waals surface area contributed by atoms with E-state index in [-0.39, 0.29) is 67.2 Å². The summed E-state index contributed by atoms with van der Waals surface area (Å²) in [4.78, 5) is 42.4. The fourth-order valence-corrected chi connectivity index (χ4v) is 5.82. The molecule has 1 saturated heterocycles. The maximum Gasteiger partial charge on any atom is 0.330 e. The summed E-state index contributed by atoms with van der Waals surface area (Å²) in [5, 5.41) is 0. The van der Waals surface area contributed by atoms with Gasteiger partial charge in [0.1, 0.15) is 11.6 Å². The van der Waals surface area contributed by atoms with Crippen LogP contribution >= 0.6 is 0 Å². The van der Waals surface area contributed by atoms with Crippen LogP contribution in [-0.2, 0) is 21.4 Å². The molecule has 1 aromatic carbocycles. The molecule has 1 amide bonds. The summed E-state index contributed by atoms with van der Waals surface area (Å²) in [6.45, 7) is 6.51. The number of rotatable bonds is 9. The third-order valence-electron chi connectivity index (χ3n) is 6.29. The normalized spacial score (nSPS) is 15.4. The lowest BCUT2D eigenvalue weighted by molar-refractivity contribution is -0.123. The molecule has 36 heavy (non-hydrogen) atoms. The molecule has 12 heteroatoms. The molecule has 3 rings (SSSR count). The molecule has 2 aromatic rings. The van der Waals surface area contributed by atoms with Crippen molar-refractivity contribution >= 4 is 27.4 Å². The Hall–Kier alpha value is -2.99. The van der Waals surface area contributed by atoms with Gasteiger partial charge in [0.15, 0.2) is 5.69 Å². The lowest BCUT2D eigenvalue weighted by Gasteiger charge is -2.34. The average Bonchev–Trinajstić information content (AvgIpc) is 2.83.